The van der Waals surface area contributed by atoms with E-state index in [1.165, 1.54) is 23.8 Å². The molecule has 0 atom stereocenters. The number of nitrogens with zero attached hydrogens (tertiary/aromatic N) is 1. The summed E-state index contributed by atoms with van der Waals surface area (Å²) >= 11 is 1.27. The zero-order valence-electron chi connectivity index (χ0n) is 15.4. The van der Waals surface area contributed by atoms with E-state index in [4.69, 9.17) is 19.3 Å². The number of aromatic carboxylic acids is 1. The van der Waals surface area contributed by atoms with Gasteiger partial charge in [0.15, 0.2) is 17.2 Å². The average molecular weight is 394 g/mol. The van der Waals surface area contributed by atoms with Crippen molar-refractivity contribution in [2.75, 3.05) is 27.9 Å². The number of benzene rings is 1. The molecule has 2 rings (SSSR count). The van der Waals surface area contributed by atoms with Gasteiger partial charge in [-0.1, -0.05) is 6.07 Å². The highest BCUT2D eigenvalue weighted by Crippen LogP contribution is 2.40. The number of methoxy groups -OCH3 is 3. The van der Waals surface area contributed by atoms with Crippen LogP contribution in [0.2, 0.25) is 0 Å². The zero-order chi connectivity index (χ0) is 19.8. The molecule has 0 aliphatic carbocycles. The topological polar surface area (TPSA) is 107 Å². The molecule has 1 heterocycles. The van der Waals surface area contributed by atoms with Crippen molar-refractivity contribution >= 4 is 23.2 Å². The van der Waals surface area contributed by atoms with Gasteiger partial charge in [0.05, 0.1) is 26.3 Å². The summed E-state index contributed by atoms with van der Waals surface area (Å²) in [6.45, 7) is 0.397. The van der Waals surface area contributed by atoms with Crippen LogP contribution in [-0.4, -0.2) is 49.8 Å². The molecule has 146 valence electrons. The Kier molecular flexibility index (Phi) is 7.42. The van der Waals surface area contributed by atoms with Gasteiger partial charge < -0.3 is 24.6 Å². The minimum Gasteiger partial charge on any atom is -0.493 e. The van der Waals surface area contributed by atoms with Gasteiger partial charge in [-0.15, -0.1) is 11.3 Å². The van der Waals surface area contributed by atoms with Crippen LogP contribution < -0.4 is 19.5 Å². The molecule has 0 saturated carbocycles. The third-order valence-electron chi connectivity index (χ3n) is 3.84. The van der Waals surface area contributed by atoms with Gasteiger partial charge in [0.1, 0.15) is 0 Å². The van der Waals surface area contributed by atoms with Crippen molar-refractivity contribution in [3.63, 3.8) is 0 Å². The maximum Gasteiger partial charge on any atom is 0.355 e. The van der Waals surface area contributed by atoms with Crippen LogP contribution in [0.25, 0.3) is 0 Å². The Labute approximate surface area is 161 Å². The Morgan fingerprint density at radius 1 is 1.11 bits per heavy atom. The van der Waals surface area contributed by atoms with Crippen LogP contribution in [0.4, 0.5) is 0 Å². The lowest BCUT2D eigenvalue weighted by molar-refractivity contribution is -0.121. The van der Waals surface area contributed by atoms with Gasteiger partial charge in [0.2, 0.25) is 11.7 Å². The maximum absolute atomic E-state index is 12.1. The number of nitrogens with one attached hydrogen (secondary N) is 1. The first-order valence-electron chi connectivity index (χ1n) is 8.22. The van der Waals surface area contributed by atoms with Gasteiger partial charge in [0, 0.05) is 24.8 Å². The van der Waals surface area contributed by atoms with E-state index in [0.717, 1.165) is 5.56 Å². The summed E-state index contributed by atoms with van der Waals surface area (Å²) in [5, 5.41) is 13.8. The van der Waals surface area contributed by atoms with Crippen molar-refractivity contribution in [3.05, 3.63) is 33.8 Å². The number of carbonyl (C=O) groups is 2. The fourth-order valence-electron chi connectivity index (χ4n) is 2.53. The lowest BCUT2D eigenvalue weighted by atomic mass is 10.1. The van der Waals surface area contributed by atoms with Crippen molar-refractivity contribution in [3.8, 4) is 17.2 Å². The first kappa shape index (κ1) is 20.5. The lowest BCUT2D eigenvalue weighted by Gasteiger charge is -2.15. The molecule has 1 aromatic heterocycles. The minimum absolute atomic E-state index is 0.0295. The van der Waals surface area contributed by atoms with Crippen LogP contribution in [-0.2, 0) is 17.6 Å². The van der Waals surface area contributed by atoms with Crippen LogP contribution >= 0.6 is 11.3 Å². The molecule has 0 aliphatic rings. The smallest absolute Gasteiger partial charge is 0.355 e. The molecule has 0 radical (unpaired) electrons. The molecule has 0 fully saturated rings. The maximum atomic E-state index is 12.1. The summed E-state index contributed by atoms with van der Waals surface area (Å²) < 4.78 is 16.0. The number of thiazole rings is 1. The number of amides is 1. The molecule has 1 aromatic carbocycles. The molecule has 0 aliphatic heterocycles. The first-order chi connectivity index (χ1) is 13.0. The second kappa shape index (κ2) is 9.77. The van der Waals surface area contributed by atoms with Crippen LogP contribution in [0.15, 0.2) is 17.5 Å². The summed E-state index contributed by atoms with van der Waals surface area (Å²) in [6, 6.07) is 3.62. The summed E-state index contributed by atoms with van der Waals surface area (Å²) in [4.78, 5) is 26.9. The van der Waals surface area contributed by atoms with Gasteiger partial charge in [0.25, 0.3) is 0 Å². The monoisotopic (exact) mass is 394 g/mol. The van der Waals surface area contributed by atoms with Crippen LogP contribution in [0.5, 0.6) is 17.2 Å². The SMILES string of the molecule is COc1ccc(CCC(=O)NCCc2nc(C(=O)O)cs2)c(OC)c1OC. The van der Waals surface area contributed by atoms with Crippen molar-refractivity contribution in [2.24, 2.45) is 0 Å². The van der Waals surface area contributed by atoms with E-state index >= 15 is 0 Å². The number of carbonyl (C=O) groups excluding carboxylic acids is 1. The fraction of sp³-hybridized carbons (Fsp3) is 0.389. The Balaban J connectivity index is 1.87. The quantitative estimate of drug-likeness (QED) is 0.636. The molecule has 0 saturated heterocycles. The van der Waals surface area contributed by atoms with Gasteiger partial charge in [-0.3, -0.25) is 4.79 Å². The highest BCUT2D eigenvalue weighted by molar-refractivity contribution is 7.09. The summed E-state index contributed by atoms with van der Waals surface area (Å²) in [7, 11) is 4.62. The summed E-state index contributed by atoms with van der Waals surface area (Å²) in [6.07, 6.45) is 1.25. The van der Waals surface area contributed by atoms with Crippen molar-refractivity contribution in [2.45, 2.75) is 19.3 Å². The molecular weight excluding hydrogens is 372 g/mol. The molecule has 1 amide bonds. The highest BCUT2D eigenvalue weighted by Gasteiger charge is 2.16. The fourth-order valence-corrected chi connectivity index (χ4v) is 3.30. The molecule has 27 heavy (non-hydrogen) atoms. The van der Waals surface area contributed by atoms with E-state index in [1.54, 1.807) is 20.3 Å². The number of carboxylic acid groups (broad SMARTS) is 1. The number of carboxylic acids is 1. The van der Waals surface area contributed by atoms with E-state index in [1.807, 2.05) is 6.07 Å². The number of aromatic nitrogens is 1. The Bertz CT molecular complexity index is 805. The van der Waals surface area contributed by atoms with E-state index in [2.05, 4.69) is 10.3 Å². The summed E-state index contributed by atoms with van der Waals surface area (Å²) in [5.74, 6) is 0.448. The van der Waals surface area contributed by atoms with Crippen molar-refractivity contribution < 1.29 is 28.9 Å². The largest absolute Gasteiger partial charge is 0.493 e. The van der Waals surface area contributed by atoms with Crippen molar-refractivity contribution in [1.29, 1.82) is 0 Å². The normalized spacial score (nSPS) is 10.3. The molecule has 0 spiro atoms. The number of ether oxygens (including phenoxy) is 3. The van der Waals surface area contributed by atoms with Crippen LogP contribution in [0.1, 0.15) is 27.5 Å². The molecule has 2 aromatic rings. The van der Waals surface area contributed by atoms with Gasteiger partial charge in [-0.05, 0) is 18.1 Å². The Morgan fingerprint density at radius 2 is 1.85 bits per heavy atom. The van der Waals surface area contributed by atoms with E-state index < -0.39 is 5.97 Å². The van der Waals surface area contributed by atoms with Gasteiger partial charge >= 0.3 is 5.97 Å². The Hall–Kier alpha value is -2.81. The second-order valence-corrected chi connectivity index (χ2v) is 6.47. The Morgan fingerprint density at radius 3 is 2.44 bits per heavy atom. The first-order valence-corrected chi connectivity index (χ1v) is 9.10. The number of aryl methyl sites for hydroxylation is 1. The molecule has 9 heteroatoms. The molecule has 0 unspecified atom stereocenters. The molecule has 2 N–H and O–H groups in total. The molecule has 0 bridgehead atoms. The predicted molar refractivity (Wildman–Crippen MR) is 100 cm³/mol. The van der Waals surface area contributed by atoms with E-state index in [-0.39, 0.29) is 18.0 Å². The zero-order valence-corrected chi connectivity index (χ0v) is 16.2. The highest BCUT2D eigenvalue weighted by atomic mass is 32.1. The molecular formula is C18H22N2O6S. The third kappa shape index (κ3) is 5.33. The number of hydrogen-bond acceptors (Lipinski definition) is 7. The van der Waals surface area contributed by atoms with Crippen LogP contribution in [0.3, 0.4) is 0 Å². The average Bonchev–Trinajstić information content (AvgIpc) is 3.14. The lowest BCUT2D eigenvalue weighted by Crippen LogP contribution is -2.25. The van der Waals surface area contributed by atoms with E-state index in [9.17, 15) is 9.59 Å². The van der Waals surface area contributed by atoms with Crippen molar-refractivity contribution in [1.82, 2.24) is 10.3 Å². The van der Waals surface area contributed by atoms with Gasteiger partial charge in [-0.2, -0.15) is 0 Å². The number of rotatable bonds is 10. The van der Waals surface area contributed by atoms with Gasteiger partial charge in [-0.25, -0.2) is 9.78 Å². The minimum atomic E-state index is -1.05. The van der Waals surface area contributed by atoms with Crippen LogP contribution in [0, 0.1) is 0 Å². The van der Waals surface area contributed by atoms with E-state index in [0.29, 0.717) is 41.6 Å². The third-order valence-corrected chi connectivity index (χ3v) is 4.75. The predicted octanol–water partition coefficient (Wildman–Crippen LogP) is 2.16. The summed E-state index contributed by atoms with van der Waals surface area (Å²) in [5.41, 5.74) is 0.873. The second-order valence-electron chi connectivity index (χ2n) is 5.53. The molecule has 8 nitrogen and oxygen atoms in total. The number of hydrogen-bond donors (Lipinski definition) is 2. The standard InChI is InChI=1S/C18H22N2O6S/c1-24-13-6-4-11(16(25-2)17(13)26-3)5-7-14(21)19-9-8-15-20-12(10-27-15)18(22)23/h4,6,10H,5,7-9H2,1-3H3,(H,19,21)(H,22,23).